The highest BCUT2D eigenvalue weighted by atomic mass is 79.9. The van der Waals surface area contributed by atoms with Crippen LogP contribution >= 0.6 is 44.1 Å². The van der Waals surface area contributed by atoms with Crippen molar-refractivity contribution in [2.75, 3.05) is 13.2 Å². The Kier molecular flexibility index (Phi) is 9.47. The van der Waals surface area contributed by atoms with Crippen LogP contribution in [0.3, 0.4) is 0 Å². The number of esters is 1. The van der Waals surface area contributed by atoms with Crippen molar-refractivity contribution < 1.29 is 23.9 Å². The summed E-state index contributed by atoms with van der Waals surface area (Å²) < 4.78 is 12.0. The maximum atomic E-state index is 12.0. The smallest absolute Gasteiger partial charge is 0.306 e. The lowest BCUT2D eigenvalue weighted by atomic mass is 10.1. The minimum atomic E-state index is -0.499. The SMILES string of the molecule is CCOC(=O)CCC(=O)NC(=S)NNC(=O)COc1ccc2cc(Br)ccc2c1Br. The zero-order chi connectivity index (χ0) is 22.1. The Morgan fingerprint density at radius 1 is 1.03 bits per heavy atom. The maximum absolute atomic E-state index is 12.0. The summed E-state index contributed by atoms with van der Waals surface area (Å²) in [5, 5.41) is 4.20. The minimum absolute atomic E-state index is 0.0555. The maximum Gasteiger partial charge on any atom is 0.306 e. The predicted octanol–water partition coefficient (Wildman–Crippen LogP) is 3.11. The molecule has 0 saturated heterocycles. The number of fused-ring (bicyclic) bond motifs is 1. The number of nitrogens with one attached hydrogen (secondary N) is 3. The Balaban J connectivity index is 1.76. The van der Waals surface area contributed by atoms with Crippen LogP contribution < -0.4 is 20.9 Å². The van der Waals surface area contributed by atoms with Crippen LogP contribution in [-0.4, -0.2) is 36.1 Å². The summed E-state index contributed by atoms with van der Waals surface area (Å²) in [6, 6.07) is 9.46. The number of amides is 2. The normalized spacial score (nSPS) is 10.2. The van der Waals surface area contributed by atoms with E-state index in [0.717, 1.165) is 19.7 Å². The number of hydrazine groups is 1. The molecule has 0 aromatic heterocycles. The highest BCUT2D eigenvalue weighted by Gasteiger charge is 2.11. The fraction of sp³-hybridized carbons (Fsp3) is 0.263. The zero-order valence-corrected chi connectivity index (χ0v) is 19.9. The lowest BCUT2D eigenvalue weighted by Gasteiger charge is -2.13. The van der Waals surface area contributed by atoms with E-state index in [-0.39, 0.29) is 31.2 Å². The molecular weight excluding hydrogens is 542 g/mol. The van der Waals surface area contributed by atoms with E-state index in [4.69, 9.17) is 21.7 Å². The highest BCUT2D eigenvalue weighted by Crippen LogP contribution is 2.34. The van der Waals surface area contributed by atoms with Crippen molar-refractivity contribution in [2.45, 2.75) is 19.8 Å². The van der Waals surface area contributed by atoms with Gasteiger partial charge in [0.05, 0.1) is 17.5 Å². The molecule has 0 radical (unpaired) electrons. The molecule has 2 aromatic rings. The largest absolute Gasteiger partial charge is 0.483 e. The van der Waals surface area contributed by atoms with Gasteiger partial charge in [0, 0.05) is 10.9 Å². The average Bonchev–Trinajstić information content (AvgIpc) is 2.70. The van der Waals surface area contributed by atoms with Crippen LogP contribution in [0.15, 0.2) is 39.3 Å². The molecule has 3 N–H and O–H groups in total. The molecule has 2 rings (SSSR count). The van der Waals surface area contributed by atoms with Crippen LogP contribution in [0.25, 0.3) is 10.8 Å². The molecule has 0 spiro atoms. The molecule has 0 aliphatic carbocycles. The van der Waals surface area contributed by atoms with Gasteiger partial charge in [0.2, 0.25) is 5.91 Å². The first-order chi connectivity index (χ1) is 14.3. The number of halogens is 2. The van der Waals surface area contributed by atoms with E-state index in [1.165, 1.54) is 0 Å². The van der Waals surface area contributed by atoms with Gasteiger partial charge in [-0.1, -0.05) is 28.1 Å². The minimum Gasteiger partial charge on any atom is -0.483 e. The first-order valence-corrected chi connectivity index (χ1v) is 10.8. The van der Waals surface area contributed by atoms with Crippen molar-refractivity contribution in [1.29, 1.82) is 0 Å². The second-order valence-corrected chi connectivity index (χ2v) is 8.00. The second kappa shape index (κ2) is 11.8. The Bertz CT molecular complexity index is 971. The van der Waals surface area contributed by atoms with Crippen LogP contribution in [0, 0.1) is 0 Å². The molecule has 0 atom stereocenters. The fourth-order valence-corrected chi connectivity index (χ4v) is 3.48. The monoisotopic (exact) mass is 559 g/mol. The van der Waals surface area contributed by atoms with Crippen molar-refractivity contribution in [2.24, 2.45) is 0 Å². The molecule has 0 bridgehead atoms. The summed E-state index contributed by atoms with van der Waals surface area (Å²) in [7, 11) is 0. The molecule has 0 heterocycles. The summed E-state index contributed by atoms with van der Waals surface area (Å²) in [4.78, 5) is 34.9. The molecule has 2 aromatic carbocycles. The standard InChI is InChI=1S/C19H19Br2N3O5S/c1-2-28-17(27)8-7-15(25)22-19(30)24-23-16(26)10-29-14-6-3-11-9-12(20)4-5-13(11)18(14)21/h3-6,9H,2,7-8,10H2,1H3,(H,23,26)(H2,22,24,25,30). The van der Waals surface area contributed by atoms with Gasteiger partial charge in [-0.05, 0) is 64.0 Å². The Labute approximate surface area is 195 Å². The molecule has 30 heavy (non-hydrogen) atoms. The third kappa shape index (κ3) is 7.54. The summed E-state index contributed by atoms with van der Waals surface area (Å²) in [6.45, 7) is 1.66. The van der Waals surface area contributed by atoms with E-state index in [0.29, 0.717) is 5.75 Å². The van der Waals surface area contributed by atoms with Gasteiger partial charge in [0.25, 0.3) is 5.91 Å². The van der Waals surface area contributed by atoms with Gasteiger partial charge < -0.3 is 14.8 Å². The van der Waals surface area contributed by atoms with Crippen LogP contribution in [0.2, 0.25) is 0 Å². The molecular formula is C19H19Br2N3O5S. The third-order valence-corrected chi connectivity index (χ3v) is 5.18. The van der Waals surface area contributed by atoms with Gasteiger partial charge in [0.15, 0.2) is 11.7 Å². The van der Waals surface area contributed by atoms with Crippen LogP contribution in [0.4, 0.5) is 0 Å². The Morgan fingerprint density at radius 2 is 1.80 bits per heavy atom. The topological polar surface area (TPSA) is 106 Å². The number of hydrogen-bond acceptors (Lipinski definition) is 6. The fourth-order valence-electron chi connectivity index (χ4n) is 2.33. The Morgan fingerprint density at radius 3 is 2.53 bits per heavy atom. The van der Waals surface area contributed by atoms with E-state index < -0.39 is 17.8 Å². The number of hydrogen-bond donors (Lipinski definition) is 3. The first-order valence-electron chi connectivity index (χ1n) is 8.85. The van der Waals surface area contributed by atoms with Gasteiger partial charge in [-0.25, -0.2) is 0 Å². The highest BCUT2D eigenvalue weighted by molar-refractivity contribution is 9.11. The number of ether oxygens (including phenoxy) is 2. The number of rotatable bonds is 7. The molecule has 2 amide bonds. The summed E-state index contributed by atoms with van der Waals surface area (Å²) in [5.74, 6) is -0.932. The molecule has 0 aliphatic rings. The van der Waals surface area contributed by atoms with Gasteiger partial charge in [-0.3, -0.25) is 25.2 Å². The molecule has 0 saturated carbocycles. The summed E-state index contributed by atoms with van der Waals surface area (Å²) in [6.07, 6.45) is -0.135. The molecule has 8 nitrogen and oxygen atoms in total. The summed E-state index contributed by atoms with van der Waals surface area (Å²) >= 11 is 11.8. The van der Waals surface area contributed by atoms with Gasteiger partial charge >= 0.3 is 5.97 Å². The van der Waals surface area contributed by atoms with Gasteiger partial charge in [-0.15, -0.1) is 0 Å². The van der Waals surface area contributed by atoms with Crippen molar-refractivity contribution >= 4 is 77.7 Å². The second-order valence-electron chi connectivity index (χ2n) is 5.89. The lowest BCUT2D eigenvalue weighted by Crippen LogP contribution is -2.49. The number of carbonyl (C=O) groups is 3. The third-order valence-electron chi connectivity index (χ3n) is 3.67. The van der Waals surface area contributed by atoms with E-state index in [9.17, 15) is 14.4 Å². The predicted molar refractivity (Wildman–Crippen MR) is 123 cm³/mol. The van der Waals surface area contributed by atoms with Crippen molar-refractivity contribution in [3.63, 3.8) is 0 Å². The van der Waals surface area contributed by atoms with Crippen LogP contribution in [-0.2, 0) is 19.1 Å². The van der Waals surface area contributed by atoms with Gasteiger partial charge in [-0.2, -0.15) is 0 Å². The van der Waals surface area contributed by atoms with E-state index in [1.807, 2.05) is 24.3 Å². The number of carbonyl (C=O) groups excluding carboxylic acids is 3. The molecule has 0 unspecified atom stereocenters. The average molecular weight is 561 g/mol. The lowest BCUT2D eigenvalue weighted by molar-refractivity contribution is -0.144. The Hall–Kier alpha value is -2.24. The molecule has 160 valence electrons. The summed E-state index contributed by atoms with van der Waals surface area (Å²) in [5.41, 5.74) is 4.72. The van der Waals surface area contributed by atoms with E-state index in [1.54, 1.807) is 13.0 Å². The van der Waals surface area contributed by atoms with Crippen molar-refractivity contribution in [3.8, 4) is 5.75 Å². The van der Waals surface area contributed by atoms with E-state index in [2.05, 4.69) is 48.0 Å². The zero-order valence-electron chi connectivity index (χ0n) is 15.9. The van der Waals surface area contributed by atoms with Crippen molar-refractivity contribution in [3.05, 3.63) is 39.3 Å². The number of benzene rings is 2. The first kappa shape index (κ1) is 24.0. The number of thiocarbonyl (C=S) groups is 1. The van der Waals surface area contributed by atoms with Crippen LogP contribution in [0.5, 0.6) is 5.75 Å². The van der Waals surface area contributed by atoms with E-state index >= 15 is 0 Å². The quantitative estimate of drug-likeness (QED) is 0.271. The van der Waals surface area contributed by atoms with Crippen molar-refractivity contribution in [1.82, 2.24) is 16.2 Å². The molecule has 0 fully saturated rings. The molecule has 11 heteroatoms. The van der Waals surface area contributed by atoms with Crippen LogP contribution in [0.1, 0.15) is 19.8 Å². The van der Waals surface area contributed by atoms with Gasteiger partial charge in [0.1, 0.15) is 5.75 Å². The molecule has 0 aliphatic heterocycles.